The third-order valence-corrected chi connectivity index (χ3v) is 3.16. The van der Waals surface area contributed by atoms with Gasteiger partial charge in [-0.25, -0.2) is 4.79 Å². The molecule has 1 aromatic rings. The molecule has 0 aromatic carbocycles. The molecule has 0 saturated carbocycles. The molecular formula is C10H14O2S. The van der Waals surface area contributed by atoms with Crippen LogP contribution in [0.2, 0.25) is 0 Å². The number of rotatable bonds is 3. The SMILES string of the molecule is CCCc1sc(C(=O)OC)cc1C. The molecule has 0 saturated heterocycles. The molecule has 13 heavy (non-hydrogen) atoms. The lowest BCUT2D eigenvalue weighted by Crippen LogP contribution is -1.96. The molecule has 0 N–H and O–H groups in total. The van der Waals surface area contributed by atoms with Crippen LogP contribution < -0.4 is 0 Å². The van der Waals surface area contributed by atoms with Crippen LogP contribution in [0.4, 0.5) is 0 Å². The molecule has 3 heteroatoms. The third kappa shape index (κ3) is 2.31. The molecule has 0 amide bonds. The highest BCUT2D eigenvalue weighted by molar-refractivity contribution is 7.14. The topological polar surface area (TPSA) is 26.3 Å². The highest BCUT2D eigenvalue weighted by Crippen LogP contribution is 2.23. The summed E-state index contributed by atoms with van der Waals surface area (Å²) in [4.78, 5) is 13.2. The summed E-state index contributed by atoms with van der Waals surface area (Å²) < 4.78 is 4.65. The minimum Gasteiger partial charge on any atom is -0.465 e. The molecule has 1 rings (SSSR count). The van der Waals surface area contributed by atoms with Gasteiger partial charge in [0.1, 0.15) is 4.88 Å². The molecule has 1 heterocycles. The fraction of sp³-hybridized carbons (Fsp3) is 0.500. The minimum atomic E-state index is -0.226. The van der Waals surface area contributed by atoms with Gasteiger partial charge in [0.05, 0.1) is 7.11 Å². The molecule has 0 radical (unpaired) electrons. The van der Waals surface area contributed by atoms with Crippen molar-refractivity contribution in [3.63, 3.8) is 0 Å². The molecule has 2 nitrogen and oxygen atoms in total. The first-order valence-corrected chi connectivity index (χ1v) is 5.18. The van der Waals surface area contributed by atoms with Crippen molar-refractivity contribution < 1.29 is 9.53 Å². The van der Waals surface area contributed by atoms with Crippen LogP contribution in [0.25, 0.3) is 0 Å². The molecule has 0 bridgehead atoms. The number of methoxy groups -OCH3 is 1. The summed E-state index contributed by atoms with van der Waals surface area (Å²) in [5, 5.41) is 0. The number of hydrogen-bond acceptors (Lipinski definition) is 3. The average Bonchev–Trinajstić information content (AvgIpc) is 2.47. The van der Waals surface area contributed by atoms with E-state index >= 15 is 0 Å². The van der Waals surface area contributed by atoms with Crippen LogP contribution in [0.5, 0.6) is 0 Å². The maximum Gasteiger partial charge on any atom is 0.348 e. The minimum absolute atomic E-state index is 0.226. The number of thiophene rings is 1. The molecule has 0 atom stereocenters. The molecule has 0 unspecified atom stereocenters. The first-order chi connectivity index (χ1) is 6.19. The quantitative estimate of drug-likeness (QED) is 0.698. The fourth-order valence-corrected chi connectivity index (χ4v) is 2.39. The van der Waals surface area contributed by atoms with Crippen molar-refractivity contribution in [2.24, 2.45) is 0 Å². The second-order valence-electron chi connectivity index (χ2n) is 2.96. The molecule has 0 fully saturated rings. The molecule has 0 aliphatic rings. The first-order valence-electron chi connectivity index (χ1n) is 4.36. The Bertz CT molecular complexity index is 302. The number of aryl methyl sites for hydroxylation is 2. The maximum atomic E-state index is 11.2. The van der Waals surface area contributed by atoms with E-state index in [1.165, 1.54) is 17.6 Å². The summed E-state index contributed by atoms with van der Waals surface area (Å²) in [5.41, 5.74) is 1.20. The van der Waals surface area contributed by atoms with Crippen molar-refractivity contribution in [3.8, 4) is 0 Å². The van der Waals surface area contributed by atoms with Gasteiger partial charge in [-0.2, -0.15) is 0 Å². The molecule has 0 aliphatic carbocycles. The van der Waals surface area contributed by atoms with E-state index in [9.17, 15) is 4.79 Å². The Morgan fingerprint density at radius 1 is 1.62 bits per heavy atom. The van der Waals surface area contributed by atoms with Crippen LogP contribution in [-0.4, -0.2) is 13.1 Å². The van der Waals surface area contributed by atoms with Crippen molar-refractivity contribution in [1.82, 2.24) is 0 Å². The summed E-state index contributed by atoms with van der Waals surface area (Å²) in [7, 11) is 1.41. The van der Waals surface area contributed by atoms with Gasteiger partial charge in [0, 0.05) is 4.88 Å². The Hall–Kier alpha value is -0.830. The van der Waals surface area contributed by atoms with Gasteiger partial charge in [-0.1, -0.05) is 13.3 Å². The van der Waals surface area contributed by atoms with E-state index in [2.05, 4.69) is 11.7 Å². The summed E-state index contributed by atoms with van der Waals surface area (Å²) >= 11 is 1.54. The molecule has 0 aliphatic heterocycles. The Labute approximate surface area is 82.5 Å². The van der Waals surface area contributed by atoms with E-state index in [0.29, 0.717) is 4.88 Å². The summed E-state index contributed by atoms with van der Waals surface area (Å²) in [6.45, 7) is 4.17. The van der Waals surface area contributed by atoms with Gasteiger partial charge >= 0.3 is 5.97 Å². The molecular weight excluding hydrogens is 184 g/mol. The Morgan fingerprint density at radius 3 is 2.85 bits per heavy atom. The Balaban J connectivity index is 2.88. The van der Waals surface area contributed by atoms with Gasteiger partial charge < -0.3 is 4.74 Å². The van der Waals surface area contributed by atoms with Crippen LogP contribution in [0.15, 0.2) is 6.07 Å². The van der Waals surface area contributed by atoms with Gasteiger partial charge in [0.25, 0.3) is 0 Å². The van der Waals surface area contributed by atoms with Crippen molar-refractivity contribution >= 4 is 17.3 Å². The molecule has 0 spiro atoms. The summed E-state index contributed by atoms with van der Waals surface area (Å²) in [6, 6.07) is 1.90. The van der Waals surface area contributed by atoms with Crippen molar-refractivity contribution in [3.05, 3.63) is 21.4 Å². The van der Waals surface area contributed by atoms with Crippen LogP contribution in [-0.2, 0) is 11.2 Å². The lowest BCUT2D eigenvalue weighted by molar-refractivity contribution is 0.0606. The largest absolute Gasteiger partial charge is 0.465 e. The van der Waals surface area contributed by atoms with E-state index < -0.39 is 0 Å². The third-order valence-electron chi connectivity index (χ3n) is 1.88. The second kappa shape index (κ2) is 4.42. The number of hydrogen-bond donors (Lipinski definition) is 0. The van der Waals surface area contributed by atoms with Crippen LogP contribution >= 0.6 is 11.3 Å². The monoisotopic (exact) mass is 198 g/mol. The molecule has 1 aromatic heterocycles. The van der Waals surface area contributed by atoms with Crippen LogP contribution in [0.3, 0.4) is 0 Å². The van der Waals surface area contributed by atoms with Crippen molar-refractivity contribution in [1.29, 1.82) is 0 Å². The van der Waals surface area contributed by atoms with Crippen molar-refractivity contribution in [2.75, 3.05) is 7.11 Å². The average molecular weight is 198 g/mol. The summed E-state index contributed by atoms with van der Waals surface area (Å²) in [5.74, 6) is -0.226. The fourth-order valence-electron chi connectivity index (χ4n) is 1.20. The van der Waals surface area contributed by atoms with E-state index in [-0.39, 0.29) is 5.97 Å². The lowest BCUT2D eigenvalue weighted by Gasteiger charge is -1.93. The lowest BCUT2D eigenvalue weighted by atomic mass is 10.2. The Kier molecular flexibility index (Phi) is 3.48. The maximum absolute atomic E-state index is 11.2. The van der Waals surface area contributed by atoms with E-state index in [4.69, 9.17) is 0 Å². The standard InChI is InChI=1S/C10H14O2S/c1-4-5-8-7(2)6-9(13-8)10(11)12-3/h6H,4-5H2,1-3H3. The Morgan fingerprint density at radius 2 is 2.31 bits per heavy atom. The normalized spacial score (nSPS) is 10.1. The first kappa shape index (κ1) is 10.3. The number of carbonyl (C=O) groups is 1. The van der Waals surface area contributed by atoms with Gasteiger partial charge in [-0.15, -0.1) is 11.3 Å². The van der Waals surface area contributed by atoms with Crippen LogP contribution in [0.1, 0.15) is 33.5 Å². The van der Waals surface area contributed by atoms with E-state index in [1.54, 1.807) is 11.3 Å². The number of esters is 1. The van der Waals surface area contributed by atoms with Crippen molar-refractivity contribution in [2.45, 2.75) is 26.7 Å². The van der Waals surface area contributed by atoms with E-state index in [0.717, 1.165) is 12.8 Å². The predicted molar refractivity (Wildman–Crippen MR) is 54.4 cm³/mol. The van der Waals surface area contributed by atoms with Gasteiger partial charge in [-0.05, 0) is 25.0 Å². The van der Waals surface area contributed by atoms with Crippen LogP contribution in [0, 0.1) is 6.92 Å². The zero-order valence-corrected chi connectivity index (χ0v) is 9.03. The summed E-state index contributed by atoms with van der Waals surface area (Å²) in [6.07, 6.45) is 2.16. The zero-order valence-electron chi connectivity index (χ0n) is 8.22. The predicted octanol–water partition coefficient (Wildman–Crippen LogP) is 2.80. The van der Waals surface area contributed by atoms with E-state index in [1.807, 2.05) is 13.0 Å². The van der Waals surface area contributed by atoms with Gasteiger partial charge in [0.15, 0.2) is 0 Å². The van der Waals surface area contributed by atoms with Gasteiger partial charge in [0.2, 0.25) is 0 Å². The molecule has 72 valence electrons. The highest BCUT2D eigenvalue weighted by Gasteiger charge is 2.11. The highest BCUT2D eigenvalue weighted by atomic mass is 32.1. The second-order valence-corrected chi connectivity index (χ2v) is 4.10. The number of carbonyl (C=O) groups excluding carboxylic acids is 1. The smallest absolute Gasteiger partial charge is 0.348 e. The zero-order chi connectivity index (χ0) is 9.84. The van der Waals surface area contributed by atoms with Gasteiger partial charge in [-0.3, -0.25) is 0 Å². The number of ether oxygens (including phenoxy) is 1.